The van der Waals surface area contributed by atoms with Crippen LogP contribution in [0, 0.1) is 17.3 Å². The van der Waals surface area contributed by atoms with Gasteiger partial charge in [0.05, 0.1) is 19.3 Å². The van der Waals surface area contributed by atoms with Crippen molar-refractivity contribution >= 4 is 0 Å². The van der Waals surface area contributed by atoms with E-state index in [4.69, 9.17) is 14.5 Å². The van der Waals surface area contributed by atoms with E-state index in [-0.39, 0.29) is 18.1 Å². The molecule has 0 bridgehead atoms. The maximum absolute atomic E-state index is 13.1. The lowest BCUT2D eigenvalue weighted by atomic mass is 9.55. The van der Waals surface area contributed by atoms with E-state index in [0.29, 0.717) is 36.5 Å². The number of hydrogen-bond acceptors (Lipinski definition) is 4. The number of alkyl halides is 9. The van der Waals surface area contributed by atoms with Gasteiger partial charge < -0.3 is 14.4 Å². The first-order valence-electron chi connectivity index (χ1n) is 13.9. The van der Waals surface area contributed by atoms with Gasteiger partial charge in [-0.25, -0.2) is 0 Å². The number of hydrogen-bond donors (Lipinski definition) is 0. The fraction of sp³-hybridized carbons (Fsp3) is 0.786. The lowest BCUT2D eigenvalue weighted by Crippen LogP contribution is -2.67. The maximum Gasteiger partial charge on any atom is 0.435 e. The van der Waals surface area contributed by atoms with Gasteiger partial charge in [-0.3, -0.25) is 0 Å². The fourth-order valence-electron chi connectivity index (χ4n) is 7.27. The van der Waals surface area contributed by atoms with Crippen LogP contribution >= 0.6 is 0 Å². The zero-order valence-corrected chi connectivity index (χ0v) is 22.9. The summed E-state index contributed by atoms with van der Waals surface area (Å²) >= 11 is 0. The summed E-state index contributed by atoms with van der Waals surface area (Å²) in [7, 11) is 0. The van der Waals surface area contributed by atoms with E-state index in [1.165, 1.54) is 11.1 Å². The first-order chi connectivity index (χ1) is 19.1. The molecule has 2 fully saturated rings. The SMILES string of the molecule is CCCOOc1ccc2c(c1)CCC1C2CCC2(C)C(OCCCOC(C(F)(F)F)(C(F)(F)F)C(F)(F)F)CCC12. The van der Waals surface area contributed by atoms with E-state index >= 15 is 0 Å². The van der Waals surface area contributed by atoms with Crippen LogP contribution in [0.2, 0.25) is 0 Å². The maximum atomic E-state index is 13.1. The van der Waals surface area contributed by atoms with Gasteiger partial charge in [-0.15, -0.1) is 0 Å². The number of aryl methyl sites for hydroxylation is 1. The monoisotopic (exact) mass is 606 g/mol. The van der Waals surface area contributed by atoms with E-state index in [9.17, 15) is 39.5 Å². The van der Waals surface area contributed by atoms with Crippen LogP contribution < -0.4 is 4.89 Å². The molecule has 2 saturated carbocycles. The van der Waals surface area contributed by atoms with Crippen molar-refractivity contribution in [1.82, 2.24) is 0 Å². The third-order valence-corrected chi connectivity index (χ3v) is 9.18. The molecule has 1 aromatic carbocycles. The average molecular weight is 607 g/mol. The Bertz CT molecular complexity index is 1000. The Hall–Kier alpha value is -1.73. The van der Waals surface area contributed by atoms with Crippen molar-refractivity contribution in [2.24, 2.45) is 17.3 Å². The lowest BCUT2D eigenvalue weighted by molar-refractivity contribution is -0.457. The summed E-state index contributed by atoms with van der Waals surface area (Å²) in [6.07, 6.45) is -15.1. The van der Waals surface area contributed by atoms with Gasteiger partial charge in [0.2, 0.25) is 0 Å². The highest BCUT2D eigenvalue weighted by Crippen LogP contribution is 2.62. The van der Waals surface area contributed by atoms with Gasteiger partial charge >= 0.3 is 24.1 Å². The Morgan fingerprint density at radius 2 is 1.54 bits per heavy atom. The second-order valence-corrected chi connectivity index (χ2v) is 11.5. The Labute approximate surface area is 232 Å². The third-order valence-electron chi connectivity index (χ3n) is 9.18. The molecule has 41 heavy (non-hydrogen) atoms. The lowest BCUT2D eigenvalue weighted by Gasteiger charge is -2.50. The first kappa shape index (κ1) is 32.2. The molecule has 0 amide bonds. The summed E-state index contributed by atoms with van der Waals surface area (Å²) in [5.74, 6) is 1.72. The van der Waals surface area contributed by atoms with Crippen LogP contribution in [-0.2, 0) is 20.8 Å². The van der Waals surface area contributed by atoms with Gasteiger partial charge in [-0.1, -0.05) is 19.9 Å². The molecule has 5 atom stereocenters. The number of fused-ring (bicyclic) bond motifs is 5. The van der Waals surface area contributed by atoms with E-state index in [1.54, 1.807) is 0 Å². The second kappa shape index (κ2) is 11.7. The van der Waals surface area contributed by atoms with E-state index in [0.717, 1.165) is 38.5 Å². The van der Waals surface area contributed by atoms with Crippen molar-refractivity contribution in [2.45, 2.75) is 101 Å². The molecule has 3 aliphatic rings. The van der Waals surface area contributed by atoms with Gasteiger partial charge in [-0.2, -0.15) is 44.4 Å². The highest BCUT2D eigenvalue weighted by molar-refractivity contribution is 5.40. The van der Waals surface area contributed by atoms with Gasteiger partial charge in [-0.05, 0) is 97.8 Å². The van der Waals surface area contributed by atoms with E-state index in [2.05, 4.69) is 17.7 Å². The molecule has 0 aliphatic heterocycles. The zero-order valence-electron chi connectivity index (χ0n) is 22.9. The molecule has 3 aliphatic carbocycles. The minimum atomic E-state index is -6.73. The first-order valence-corrected chi connectivity index (χ1v) is 13.9. The van der Waals surface area contributed by atoms with Crippen molar-refractivity contribution in [3.05, 3.63) is 29.3 Å². The minimum absolute atomic E-state index is 0.246. The number of benzene rings is 1. The standard InChI is InChI=1S/C28H35F9O4/c1-3-13-40-41-18-6-8-19-17(16-18)5-7-21-20(19)11-12-24(2)22(21)9-10-23(24)38-14-4-15-39-25(26(29,30)31,27(32,33)34)28(35,36)37/h6,8,16,20-23H,3-5,7,9-15H2,1-2H3. The summed E-state index contributed by atoms with van der Waals surface area (Å²) in [6, 6.07) is 6.01. The summed E-state index contributed by atoms with van der Waals surface area (Å²) in [4.78, 5) is 10.6. The molecule has 0 N–H and O–H groups in total. The van der Waals surface area contributed by atoms with E-state index < -0.39 is 37.2 Å². The molecule has 0 heterocycles. The minimum Gasteiger partial charge on any atom is -0.378 e. The normalized spacial score (nSPS) is 28.7. The Balaban J connectivity index is 1.35. The molecule has 4 nitrogen and oxygen atoms in total. The molecule has 0 radical (unpaired) electrons. The molecule has 0 spiro atoms. The van der Waals surface area contributed by atoms with Gasteiger partial charge in [0, 0.05) is 6.61 Å². The Kier molecular flexibility index (Phi) is 9.22. The third kappa shape index (κ3) is 5.91. The van der Waals surface area contributed by atoms with Gasteiger partial charge in [0.1, 0.15) is 0 Å². The summed E-state index contributed by atoms with van der Waals surface area (Å²) in [5.41, 5.74) is -3.98. The largest absolute Gasteiger partial charge is 0.435 e. The molecule has 234 valence electrons. The predicted molar refractivity (Wildman–Crippen MR) is 129 cm³/mol. The average Bonchev–Trinajstić information content (AvgIpc) is 3.19. The summed E-state index contributed by atoms with van der Waals surface area (Å²) in [6.45, 7) is 2.85. The summed E-state index contributed by atoms with van der Waals surface area (Å²) in [5, 5.41) is 0. The molecule has 5 unspecified atom stereocenters. The van der Waals surface area contributed by atoms with Crippen LogP contribution in [-0.4, -0.2) is 50.1 Å². The molecular weight excluding hydrogens is 571 g/mol. The Morgan fingerprint density at radius 3 is 2.17 bits per heavy atom. The molecular formula is C28H35F9O4. The number of rotatable bonds is 10. The molecule has 0 saturated heterocycles. The van der Waals surface area contributed by atoms with Crippen LogP contribution in [0.4, 0.5) is 39.5 Å². The van der Waals surface area contributed by atoms with Crippen molar-refractivity contribution in [3.63, 3.8) is 0 Å². The van der Waals surface area contributed by atoms with Gasteiger partial charge in [0.25, 0.3) is 0 Å². The van der Waals surface area contributed by atoms with Gasteiger partial charge in [0.15, 0.2) is 5.75 Å². The Morgan fingerprint density at radius 1 is 0.854 bits per heavy atom. The van der Waals surface area contributed by atoms with Crippen molar-refractivity contribution in [1.29, 1.82) is 0 Å². The van der Waals surface area contributed by atoms with Crippen LogP contribution in [0.5, 0.6) is 5.75 Å². The number of ether oxygens (including phenoxy) is 2. The van der Waals surface area contributed by atoms with Crippen LogP contribution in [0.1, 0.15) is 75.8 Å². The van der Waals surface area contributed by atoms with Crippen molar-refractivity contribution in [3.8, 4) is 5.75 Å². The second-order valence-electron chi connectivity index (χ2n) is 11.5. The molecule has 1 aromatic rings. The topological polar surface area (TPSA) is 36.9 Å². The zero-order chi connectivity index (χ0) is 30.3. The molecule has 13 heteroatoms. The van der Waals surface area contributed by atoms with Crippen LogP contribution in [0.25, 0.3) is 0 Å². The van der Waals surface area contributed by atoms with E-state index in [1.807, 2.05) is 19.1 Å². The smallest absolute Gasteiger partial charge is 0.378 e. The molecule has 4 rings (SSSR count). The quantitative estimate of drug-likeness (QED) is 0.116. The van der Waals surface area contributed by atoms with Crippen LogP contribution in [0.15, 0.2) is 18.2 Å². The summed E-state index contributed by atoms with van der Waals surface area (Å²) < 4.78 is 127. The fourth-order valence-corrected chi connectivity index (χ4v) is 7.27. The number of halogens is 9. The van der Waals surface area contributed by atoms with Crippen molar-refractivity contribution < 1.29 is 58.8 Å². The van der Waals surface area contributed by atoms with Crippen molar-refractivity contribution in [2.75, 3.05) is 19.8 Å². The highest BCUT2D eigenvalue weighted by atomic mass is 19.4. The van der Waals surface area contributed by atoms with Crippen LogP contribution in [0.3, 0.4) is 0 Å². The highest BCUT2D eigenvalue weighted by Gasteiger charge is 2.85. The molecule has 0 aromatic heterocycles. The predicted octanol–water partition coefficient (Wildman–Crippen LogP) is 8.48.